The van der Waals surface area contributed by atoms with Crippen molar-refractivity contribution in [1.82, 2.24) is 10.2 Å². The van der Waals surface area contributed by atoms with Gasteiger partial charge in [0.05, 0.1) is 11.1 Å². The second-order valence-corrected chi connectivity index (χ2v) is 8.62. The minimum atomic E-state index is -4.50. The average molecular weight is 485 g/mol. The molecule has 1 unspecified atom stereocenters. The lowest BCUT2D eigenvalue weighted by atomic mass is 9.97. The van der Waals surface area contributed by atoms with E-state index >= 15 is 0 Å². The number of nitrogens with zero attached hydrogens (tertiary/aromatic N) is 1. The molecule has 0 saturated heterocycles. The molecule has 3 amide bonds. The zero-order valence-corrected chi connectivity index (χ0v) is 19.0. The summed E-state index contributed by atoms with van der Waals surface area (Å²) >= 11 is 0. The molecule has 0 aromatic heterocycles. The van der Waals surface area contributed by atoms with Gasteiger partial charge in [0.1, 0.15) is 5.82 Å². The summed E-state index contributed by atoms with van der Waals surface area (Å²) < 4.78 is 53.4. The molecule has 0 spiro atoms. The Morgan fingerprint density at radius 2 is 1.63 bits per heavy atom. The highest BCUT2D eigenvalue weighted by molar-refractivity contribution is 6.09. The fourth-order valence-electron chi connectivity index (χ4n) is 4.13. The van der Waals surface area contributed by atoms with Crippen LogP contribution in [0.25, 0.3) is 11.1 Å². The molecule has 3 aromatic rings. The number of benzene rings is 3. The van der Waals surface area contributed by atoms with Crippen molar-refractivity contribution in [1.29, 1.82) is 0 Å². The van der Waals surface area contributed by atoms with E-state index < -0.39 is 23.5 Å². The minimum absolute atomic E-state index is 0.0660. The maximum atomic E-state index is 14.7. The Balaban J connectivity index is 1.55. The van der Waals surface area contributed by atoms with Gasteiger partial charge in [-0.1, -0.05) is 30.3 Å². The predicted molar refractivity (Wildman–Crippen MR) is 125 cm³/mol. The van der Waals surface area contributed by atoms with Gasteiger partial charge in [0.15, 0.2) is 0 Å². The number of anilines is 1. The average Bonchev–Trinajstić information content (AvgIpc) is 3.19. The summed E-state index contributed by atoms with van der Waals surface area (Å²) in [5, 5.41) is 5.63. The van der Waals surface area contributed by atoms with E-state index in [1.807, 2.05) is 6.07 Å². The van der Waals surface area contributed by atoms with Crippen molar-refractivity contribution in [2.24, 2.45) is 0 Å². The third-order valence-corrected chi connectivity index (χ3v) is 5.89. The highest BCUT2D eigenvalue weighted by atomic mass is 19.4. The highest BCUT2D eigenvalue weighted by Crippen LogP contribution is 2.33. The number of alkyl halides is 3. The first-order valence-electron chi connectivity index (χ1n) is 10.9. The lowest BCUT2D eigenvalue weighted by molar-refractivity contribution is -0.137. The largest absolute Gasteiger partial charge is 0.416 e. The standard InChI is InChI=1S/C26H23F4N3O2/c1-33(2)25(35)32-20-12-16-8-11-19(13-17(16)14-20)31-24(34)23-21(4-3-5-22(23)27)15-6-9-18(10-7-15)26(28,29)30/h3-11,13,20H,12,14H2,1-2H3,(H,31,34)(H,32,35). The van der Waals surface area contributed by atoms with Crippen LogP contribution < -0.4 is 10.6 Å². The third-order valence-electron chi connectivity index (χ3n) is 5.89. The molecule has 182 valence electrons. The van der Waals surface area contributed by atoms with Crippen LogP contribution in [-0.4, -0.2) is 37.0 Å². The minimum Gasteiger partial charge on any atom is -0.335 e. The monoisotopic (exact) mass is 485 g/mol. The van der Waals surface area contributed by atoms with Gasteiger partial charge in [-0.2, -0.15) is 13.2 Å². The Labute approximate surface area is 199 Å². The summed E-state index contributed by atoms with van der Waals surface area (Å²) in [5.74, 6) is -1.50. The summed E-state index contributed by atoms with van der Waals surface area (Å²) in [6, 6.07) is 13.3. The van der Waals surface area contributed by atoms with Crippen LogP contribution in [0, 0.1) is 5.82 Å². The molecule has 0 radical (unpaired) electrons. The van der Waals surface area contributed by atoms with E-state index in [-0.39, 0.29) is 28.8 Å². The Kier molecular flexibility index (Phi) is 6.51. The smallest absolute Gasteiger partial charge is 0.335 e. The number of carbonyl (C=O) groups is 2. The Hall–Kier alpha value is -3.88. The van der Waals surface area contributed by atoms with Crippen LogP contribution in [-0.2, 0) is 19.0 Å². The fourth-order valence-corrected chi connectivity index (χ4v) is 4.13. The molecule has 35 heavy (non-hydrogen) atoms. The number of fused-ring (bicyclic) bond motifs is 1. The summed E-state index contributed by atoms with van der Waals surface area (Å²) in [4.78, 5) is 26.4. The van der Waals surface area contributed by atoms with Crippen LogP contribution in [0.5, 0.6) is 0 Å². The molecule has 1 aliphatic rings. The first-order valence-corrected chi connectivity index (χ1v) is 10.9. The van der Waals surface area contributed by atoms with Gasteiger partial charge in [0.25, 0.3) is 5.91 Å². The van der Waals surface area contributed by atoms with Crippen LogP contribution in [0.1, 0.15) is 27.0 Å². The summed E-state index contributed by atoms with van der Waals surface area (Å²) in [6.07, 6.45) is -3.24. The van der Waals surface area contributed by atoms with Crippen LogP contribution in [0.4, 0.5) is 28.0 Å². The van der Waals surface area contributed by atoms with Gasteiger partial charge in [-0.05, 0) is 65.4 Å². The SMILES string of the molecule is CN(C)C(=O)NC1Cc2ccc(NC(=O)c3c(F)cccc3-c3ccc(C(F)(F)F)cc3)cc2C1. The number of carbonyl (C=O) groups excluding carboxylic acids is 2. The molecule has 1 aliphatic carbocycles. The molecule has 0 heterocycles. The second kappa shape index (κ2) is 9.40. The summed E-state index contributed by atoms with van der Waals surface area (Å²) in [5.41, 5.74) is 1.84. The molecule has 0 fully saturated rings. The molecule has 0 bridgehead atoms. The molecule has 9 heteroatoms. The van der Waals surface area contributed by atoms with Crippen molar-refractivity contribution in [2.45, 2.75) is 25.1 Å². The Morgan fingerprint density at radius 3 is 2.29 bits per heavy atom. The molecule has 0 saturated carbocycles. The van der Waals surface area contributed by atoms with E-state index in [4.69, 9.17) is 0 Å². The molecule has 5 nitrogen and oxygen atoms in total. The first kappa shape index (κ1) is 24.3. The normalized spacial score (nSPS) is 14.9. The van der Waals surface area contributed by atoms with Gasteiger partial charge in [-0.25, -0.2) is 9.18 Å². The van der Waals surface area contributed by atoms with Crippen molar-refractivity contribution in [3.63, 3.8) is 0 Å². The van der Waals surface area contributed by atoms with Gasteiger partial charge < -0.3 is 15.5 Å². The van der Waals surface area contributed by atoms with E-state index in [2.05, 4.69) is 10.6 Å². The number of amides is 3. The van der Waals surface area contributed by atoms with E-state index in [1.54, 1.807) is 26.2 Å². The number of rotatable bonds is 4. The van der Waals surface area contributed by atoms with Gasteiger partial charge >= 0.3 is 12.2 Å². The van der Waals surface area contributed by atoms with Crippen LogP contribution in [0.2, 0.25) is 0 Å². The molecule has 4 rings (SSSR count). The summed E-state index contributed by atoms with van der Waals surface area (Å²) in [6.45, 7) is 0. The topological polar surface area (TPSA) is 61.4 Å². The van der Waals surface area contributed by atoms with E-state index in [0.717, 1.165) is 29.3 Å². The second-order valence-electron chi connectivity index (χ2n) is 8.62. The molecular formula is C26H23F4N3O2. The zero-order valence-electron chi connectivity index (χ0n) is 19.0. The van der Waals surface area contributed by atoms with Crippen LogP contribution >= 0.6 is 0 Å². The molecule has 0 aliphatic heterocycles. The van der Waals surface area contributed by atoms with E-state index in [1.165, 1.54) is 29.2 Å². The van der Waals surface area contributed by atoms with Gasteiger partial charge in [-0.3, -0.25) is 4.79 Å². The van der Waals surface area contributed by atoms with Crippen molar-refractivity contribution in [3.8, 4) is 11.1 Å². The van der Waals surface area contributed by atoms with Crippen LogP contribution in [0.3, 0.4) is 0 Å². The molecule has 1 atom stereocenters. The number of halogens is 4. The number of hydrogen-bond acceptors (Lipinski definition) is 2. The number of nitrogens with one attached hydrogen (secondary N) is 2. The van der Waals surface area contributed by atoms with Crippen molar-refractivity contribution in [2.75, 3.05) is 19.4 Å². The number of hydrogen-bond donors (Lipinski definition) is 2. The molecule has 3 aromatic carbocycles. The fraction of sp³-hybridized carbons (Fsp3) is 0.231. The predicted octanol–water partition coefficient (Wildman–Crippen LogP) is 5.50. The lowest BCUT2D eigenvalue weighted by Crippen LogP contribution is -2.41. The molecule has 2 N–H and O–H groups in total. The maximum Gasteiger partial charge on any atom is 0.416 e. The Morgan fingerprint density at radius 1 is 0.943 bits per heavy atom. The first-order chi connectivity index (χ1) is 16.5. The highest BCUT2D eigenvalue weighted by Gasteiger charge is 2.30. The van der Waals surface area contributed by atoms with Gasteiger partial charge in [0.2, 0.25) is 0 Å². The van der Waals surface area contributed by atoms with E-state index in [0.29, 0.717) is 18.5 Å². The van der Waals surface area contributed by atoms with Crippen molar-refractivity contribution >= 4 is 17.6 Å². The van der Waals surface area contributed by atoms with Gasteiger partial charge in [-0.15, -0.1) is 0 Å². The third kappa shape index (κ3) is 5.29. The van der Waals surface area contributed by atoms with Crippen LogP contribution in [0.15, 0.2) is 60.7 Å². The van der Waals surface area contributed by atoms with Gasteiger partial charge in [0, 0.05) is 25.8 Å². The van der Waals surface area contributed by atoms with E-state index in [9.17, 15) is 27.2 Å². The summed E-state index contributed by atoms with van der Waals surface area (Å²) in [7, 11) is 3.32. The number of urea groups is 1. The molecular weight excluding hydrogens is 462 g/mol. The van der Waals surface area contributed by atoms with Crippen molar-refractivity contribution in [3.05, 3.63) is 88.7 Å². The maximum absolute atomic E-state index is 14.7. The lowest BCUT2D eigenvalue weighted by Gasteiger charge is -2.16. The zero-order chi connectivity index (χ0) is 25.3. The quantitative estimate of drug-likeness (QED) is 0.480. The Bertz CT molecular complexity index is 1270. The van der Waals surface area contributed by atoms with Crippen molar-refractivity contribution < 1.29 is 27.2 Å².